The summed E-state index contributed by atoms with van der Waals surface area (Å²) in [4.78, 5) is 17.6. The van der Waals surface area contributed by atoms with Gasteiger partial charge < -0.3 is 15.8 Å². The minimum absolute atomic E-state index is 0.0215. The highest BCUT2D eigenvalue weighted by atomic mass is 32.1. The van der Waals surface area contributed by atoms with Crippen molar-refractivity contribution in [2.75, 3.05) is 36.9 Å². The van der Waals surface area contributed by atoms with Gasteiger partial charge in [0.05, 0.1) is 5.69 Å². The molecule has 4 rings (SSSR count). The zero-order valence-electron chi connectivity index (χ0n) is 16.8. The molecule has 1 aliphatic rings. The fraction of sp³-hybridized carbons (Fsp3) is 0.238. The number of nitrogen functional groups attached to an aromatic ring is 1. The van der Waals surface area contributed by atoms with E-state index in [-0.39, 0.29) is 16.3 Å². The van der Waals surface area contributed by atoms with Crippen LogP contribution in [-0.2, 0) is 0 Å². The van der Waals surface area contributed by atoms with Crippen LogP contribution in [0.4, 0.5) is 29.8 Å². The lowest BCUT2D eigenvalue weighted by Gasteiger charge is -2.37. The SMILES string of the molecule is Nc1nc(N(c2ccccc2)N2CCNCC2)sc1C(=O)c1cccc(OC(F)(F)F)c1. The molecular formula is C21H20F3N5O2S. The number of alkyl halides is 3. The Labute approximate surface area is 186 Å². The summed E-state index contributed by atoms with van der Waals surface area (Å²) in [5, 5.41) is 7.82. The topological polar surface area (TPSA) is 83.7 Å². The molecule has 3 N–H and O–H groups in total. The number of ketones is 1. The average molecular weight is 463 g/mol. The van der Waals surface area contributed by atoms with E-state index >= 15 is 0 Å². The highest BCUT2D eigenvalue weighted by Crippen LogP contribution is 2.36. The summed E-state index contributed by atoms with van der Waals surface area (Å²) in [6.07, 6.45) is -4.85. The summed E-state index contributed by atoms with van der Waals surface area (Å²) < 4.78 is 41.5. The number of ether oxygens (including phenoxy) is 1. The van der Waals surface area contributed by atoms with Crippen LogP contribution in [0.5, 0.6) is 5.75 Å². The Bertz CT molecular complexity index is 1080. The number of hydrogen-bond acceptors (Lipinski definition) is 8. The summed E-state index contributed by atoms with van der Waals surface area (Å²) in [6, 6.07) is 14.5. The third kappa shape index (κ3) is 5.01. The Morgan fingerprint density at radius 2 is 1.84 bits per heavy atom. The molecule has 0 spiro atoms. The number of anilines is 3. The third-order valence-corrected chi connectivity index (χ3v) is 5.78. The van der Waals surface area contributed by atoms with Gasteiger partial charge in [-0.25, -0.2) is 15.0 Å². The van der Waals surface area contributed by atoms with Crippen molar-refractivity contribution < 1.29 is 22.7 Å². The molecule has 1 fully saturated rings. The molecule has 7 nitrogen and oxygen atoms in total. The molecule has 0 aliphatic carbocycles. The Kier molecular flexibility index (Phi) is 6.31. The van der Waals surface area contributed by atoms with Crippen molar-refractivity contribution in [3.63, 3.8) is 0 Å². The van der Waals surface area contributed by atoms with E-state index in [2.05, 4.69) is 20.0 Å². The molecular weight excluding hydrogens is 443 g/mol. The van der Waals surface area contributed by atoms with E-state index in [0.29, 0.717) is 5.13 Å². The van der Waals surface area contributed by atoms with E-state index in [1.165, 1.54) is 12.1 Å². The maximum absolute atomic E-state index is 13.0. The van der Waals surface area contributed by atoms with Gasteiger partial charge >= 0.3 is 6.36 Å². The first-order valence-corrected chi connectivity index (χ1v) is 10.6. The number of nitrogens with zero attached hydrogens (tertiary/aromatic N) is 3. The summed E-state index contributed by atoms with van der Waals surface area (Å²) in [5.41, 5.74) is 6.97. The quantitative estimate of drug-likeness (QED) is 0.538. The molecule has 1 aromatic heterocycles. The van der Waals surface area contributed by atoms with E-state index in [1.54, 1.807) is 0 Å². The van der Waals surface area contributed by atoms with Crippen LogP contribution in [0, 0.1) is 0 Å². The van der Waals surface area contributed by atoms with Gasteiger partial charge in [0.2, 0.25) is 10.9 Å². The van der Waals surface area contributed by atoms with E-state index in [0.717, 1.165) is 55.3 Å². The van der Waals surface area contributed by atoms with Gasteiger partial charge in [-0.1, -0.05) is 41.7 Å². The van der Waals surface area contributed by atoms with Crippen LogP contribution in [-0.4, -0.2) is 48.3 Å². The van der Waals surface area contributed by atoms with E-state index in [9.17, 15) is 18.0 Å². The van der Waals surface area contributed by atoms with Crippen LogP contribution in [0.1, 0.15) is 15.2 Å². The second kappa shape index (κ2) is 9.15. The molecule has 0 amide bonds. The summed E-state index contributed by atoms with van der Waals surface area (Å²) in [7, 11) is 0. The van der Waals surface area contributed by atoms with Crippen LogP contribution in [0.15, 0.2) is 54.6 Å². The van der Waals surface area contributed by atoms with Crippen LogP contribution < -0.4 is 20.8 Å². The monoisotopic (exact) mass is 463 g/mol. The van der Waals surface area contributed by atoms with Gasteiger partial charge in [0, 0.05) is 31.7 Å². The fourth-order valence-electron chi connectivity index (χ4n) is 3.36. The highest BCUT2D eigenvalue weighted by Gasteiger charge is 2.32. The molecule has 11 heteroatoms. The number of halogens is 3. The number of aromatic nitrogens is 1. The number of piperazine rings is 1. The molecule has 0 atom stereocenters. The first-order valence-electron chi connectivity index (χ1n) is 9.79. The number of thiazole rings is 1. The first-order chi connectivity index (χ1) is 15.3. The standard InChI is InChI=1S/C21H20F3N5O2S/c22-21(23,24)31-16-8-4-5-14(13-16)17(30)18-19(25)27-20(32-18)29(15-6-2-1-3-7-15)28-11-9-26-10-12-28/h1-8,13,26H,9-12,25H2. The third-order valence-electron chi connectivity index (χ3n) is 4.74. The van der Waals surface area contributed by atoms with Gasteiger partial charge in [-0.15, -0.1) is 13.2 Å². The number of carbonyl (C=O) groups is 1. The molecule has 0 unspecified atom stereocenters. The molecule has 1 aliphatic heterocycles. The van der Waals surface area contributed by atoms with Gasteiger partial charge in [0.25, 0.3) is 0 Å². The van der Waals surface area contributed by atoms with Crippen LogP contribution in [0.3, 0.4) is 0 Å². The predicted octanol–water partition coefficient (Wildman–Crippen LogP) is 3.81. The normalized spacial score (nSPS) is 14.8. The molecule has 168 valence electrons. The zero-order valence-corrected chi connectivity index (χ0v) is 17.6. The zero-order chi connectivity index (χ0) is 22.7. The van der Waals surface area contributed by atoms with Gasteiger partial charge in [0.15, 0.2) is 0 Å². The lowest BCUT2D eigenvalue weighted by atomic mass is 10.1. The maximum Gasteiger partial charge on any atom is 0.573 e. The van der Waals surface area contributed by atoms with Crippen molar-refractivity contribution in [3.05, 3.63) is 65.0 Å². The molecule has 32 heavy (non-hydrogen) atoms. The van der Waals surface area contributed by atoms with Gasteiger partial charge in [-0.05, 0) is 24.3 Å². The maximum atomic E-state index is 13.0. The number of benzene rings is 2. The second-order valence-corrected chi connectivity index (χ2v) is 7.94. The van der Waals surface area contributed by atoms with E-state index in [4.69, 9.17) is 5.73 Å². The molecule has 0 saturated carbocycles. The molecule has 0 bridgehead atoms. The van der Waals surface area contributed by atoms with Crippen LogP contribution >= 0.6 is 11.3 Å². The Balaban J connectivity index is 1.66. The number of hydrogen-bond donors (Lipinski definition) is 2. The summed E-state index contributed by atoms with van der Waals surface area (Å²) >= 11 is 1.09. The number of carbonyl (C=O) groups excluding carboxylic acids is 1. The average Bonchev–Trinajstić information content (AvgIpc) is 3.15. The number of nitrogens with two attached hydrogens (primary N) is 1. The number of nitrogens with one attached hydrogen (secondary N) is 1. The van der Waals surface area contributed by atoms with Crippen molar-refractivity contribution in [1.29, 1.82) is 0 Å². The molecule has 2 aromatic carbocycles. The van der Waals surface area contributed by atoms with Crippen molar-refractivity contribution in [2.24, 2.45) is 0 Å². The Morgan fingerprint density at radius 1 is 1.12 bits per heavy atom. The minimum Gasteiger partial charge on any atom is -0.406 e. The van der Waals surface area contributed by atoms with E-state index < -0.39 is 17.9 Å². The van der Waals surface area contributed by atoms with E-state index in [1.807, 2.05) is 35.3 Å². The molecule has 2 heterocycles. The molecule has 1 saturated heterocycles. The first kappa shape index (κ1) is 22.1. The lowest BCUT2D eigenvalue weighted by molar-refractivity contribution is -0.274. The van der Waals surface area contributed by atoms with Gasteiger partial charge in [-0.2, -0.15) is 0 Å². The second-order valence-electron chi connectivity index (χ2n) is 6.97. The highest BCUT2D eigenvalue weighted by molar-refractivity contribution is 7.18. The van der Waals surface area contributed by atoms with Crippen molar-refractivity contribution >= 4 is 33.8 Å². The Morgan fingerprint density at radius 3 is 2.53 bits per heavy atom. The predicted molar refractivity (Wildman–Crippen MR) is 116 cm³/mol. The summed E-state index contributed by atoms with van der Waals surface area (Å²) in [6.45, 7) is 3.05. The Hall–Kier alpha value is -3.15. The largest absolute Gasteiger partial charge is 0.573 e. The van der Waals surface area contributed by atoms with Crippen molar-refractivity contribution in [3.8, 4) is 5.75 Å². The number of rotatable bonds is 6. The van der Waals surface area contributed by atoms with Crippen molar-refractivity contribution in [1.82, 2.24) is 15.3 Å². The van der Waals surface area contributed by atoms with Gasteiger partial charge in [-0.3, -0.25) is 4.79 Å². The van der Waals surface area contributed by atoms with Crippen LogP contribution in [0.25, 0.3) is 0 Å². The number of para-hydroxylation sites is 1. The van der Waals surface area contributed by atoms with Crippen LogP contribution in [0.2, 0.25) is 0 Å². The number of hydrazine groups is 1. The molecule has 3 aromatic rings. The minimum atomic E-state index is -4.85. The summed E-state index contributed by atoms with van der Waals surface area (Å²) in [5.74, 6) is -0.973. The van der Waals surface area contributed by atoms with Gasteiger partial charge in [0.1, 0.15) is 16.4 Å². The smallest absolute Gasteiger partial charge is 0.406 e. The fourth-order valence-corrected chi connectivity index (χ4v) is 4.35. The lowest BCUT2D eigenvalue weighted by Crippen LogP contribution is -2.50. The van der Waals surface area contributed by atoms with Crippen molar-refractivity contribution in [2.45, 2.75) is 6.36 Å². The molecule has 0 radical (unpaired) electrons.